The smallest absolute Gasteiger partial charge is 0.295 e. The quantitative estimate of drug-likeness (QED) is 0.437. The van der Waals surface area contributed by atoms with Gasteiger partial charge in [-0.15, -0.1) is 0 Å². The van der Waals surface area contributed by atoms with Gasteiger partial charge in [-0.3, -0.25) is 4.79 Å². The number of nitrogens with one attached hydrogen (secondary N) is 1. The number of amides is 1. The van der Waals surface area contributed by atoms with Crippen molar-refractivity contribution >= 4 is 34.6 Å². The molecule has 0 bridgehead atoms. The van der Waals surface area contributed by atoms with Gasteiger partial charge in [-0.05, 0) is 55.5 Å². The molecule has 5 rings (SSSR count). The number of benzene rings is 2. The zero-order valence-electron chi connectivity index (χ0n) is 18.8. The molecule has 1 N–H and O–H groups in total. The number of hydrogen-bond acceptors (Lipinski definition) is 6. The number of fused-ring (bicyclic) bond motifs is 1. The first-order valence-electron chi connectivity index (χ1n) is 11.2. The number of aryl methyl sites for hydroxylation is 1. The number of rotatable bonds is 5. The molecule has 1 amide bonds. The van der Waals surface area contributed by atoms with Crippen LogP contribution in [-0.4, -0.2) is 49.9 Å². The molecule has 2 unspecified atom stereocenters. The van der Waals surface area contributed by atoms with Gasteiger partial charge in [0.2, 0.25) is 0 Å². The number of carbonyl (C=O) groups is 1. The monoisotopic (exact) mass is 482 g/mol. The SMILES string of the molecule is Cc1cc(F)cc(-n2nccn2)c1C(=O)N1CCCC(C)C1CNc1nc2cc(Cl)ccc2o1. The van der Waals surface area contributed by atoms with E-state index in [-0.39, 0.29) is 17.9 Å². The Labute approximate surface area is 200 Å². The Morgan fingerprint density at radius 3 is 2.85 bits per heavy atom. The van der Waals surface area contributed by atoms with Crippen LogP contribution in [0.25, 0.3) is 16.8 Å². The second-order valence-corrected chi connectivity index (χ2v) is 9.07. The number of carbonyl (C=O) groups excluding carboxylic acids is 1. The molecule has 1 fully saturated rings. The zero-order chi connectivity index (χ0) is 23.8. The average Bonchev–Trinajstić information content (AvgIpc) is 3.47. The van der Waals surface area contributed by atoms with Gasteiger partial charge in [0.25, 0.3) is 11.9 Å². The number of piperidine rings is 1. The molecule has 2 aromatic carbocycles. The average molecular weight is 483 g/mol. The van der Waals surface area contributed by atoms with Gasteiger partial charge in [0, 0.05) is 24.2 Å². The maximum atomic E-state index is 14.2. The van der Waals surface area contributed by atoms with Gasteiger partial charge < -0.3 is 14.6 Å². The number of anilines is 1. The van der Waals surface area contributed by atoms with Crippen molar-refractivity contribution in [1.29, 1.82) is 0 Å². The Morgan fingerprint density at radius 1 is 1.26 bits per heavy atom. The van der Waals surface area contributed by atoms with Gasteiger partial charge in [-0.25, -0.2) is 4.39 Å². The molecule has 1 aliphatic heterocycles. The van der Waals surface area contributed by atoms with Crippen molar-refractivity contribution in [1.82, 2.24) is 24.9 Å². The van der Waals surface area contributed by atoms with E-state index in [4.69, 9.17) is 16.0 Å². The van der Waals surface area contributed by atoms with Crippen LogP contribution in [-0.2, 0) is 0 Å². The van der Waals surface area contributed by atoms with E-state index in [1.807, 2.05) is 4.90 Å². The molecule has 10 heteroatoms. The van der Waals surface area contributed by atoms with Gasteiger partial charge in [0.1, 0.15) is 17.0 Å². The van der Waals surface area contributed by atoms with Crippen molar-refractivity contribution in [2.24, 2.45) is 5.92 Å². The van der Waals surface area contributed by atoms with Crippen LogP contribution in [0.2, 0.25) is 5.02 Å². The van der Waals surface area contributed by atoms with Gasteiger partial charge in [-0.1, -0.05) is 18.5 Å². The zero-order valence-corrected chi connectivity index (χ0v) is 19.6. The first-order valence-corrected chi connectivity index (χ1v) is 11.6. The van der Waals surface area contributed by atoms with E-state index in [9.17, 15) is 9.18 Å². The normalized spacial score (nSPS) is 18.4. The number of halogens is 2. The van der Waals surface area contributed by atoms with Crippen molar-refractivity contribution in [3.63, 3.8) is 0 Å². The molecule has 0 aliphatic carbocycles. The summed E-state index contributed by atoms with van der Waals surface area (Å²) >= 11 is 6.05. The molecular formula is C24H24ClFN6O2. The number of nitrogens with zero attached hydrogens (tertiary/aromatic N) is 5. The summed E-state index contributed by atoms with van der Waals surface area (Å²) in [6.07, 6.45) is 4.88. The van der Waals surface area contributed by atoms with E-state index in [2.05, 4.69) is 27.4 Å². The lowest BCUT2D eigenvalue weighted by Gasteiger charge is -2.40. The van der Waals surface area contributed by atoms with E-state index in [0.29, 0.717) is 52.0 Å². The first kappa shape index (κ1) is 22.3. The molecule has 4 aromatic rings. The van der Waals surface area contributed by atoms with Crippen molar-refractivity contribution in [2.75, 3.05) is 18.4 Å². The Morgan fingerprint density at radius 2 is 2.06 bits per heavy atom. The lowest BCUT2D eigenvalue weighted by Crippen LogP contribution is -2.51. The van der Waals surface area contributed by atoms with E-state index in [1.54, 1.807) is 25.1 Å². The van der Waals surface area contributed by atoms with Gasteiger partial charge in [0.05, 0.1) is 24.0 Å². The Balaban J connectivity index is 1.43. The molecule has 2 atom stereocenters. The van der Waals surface area contributed by atoms with Crippen molar-refractivity contribution < 1.29 is 13.6 Å². The summed E-state index contributed by atoms with van der Waals surface area (Å²) in [5.41, 5.74) is 2.56. The molecule has 1 saturated heterocycles. The van der Waals surface area contributed by atoms with Gasteiger partial charge in [-0.2, -0.15) is 20.0 Å². The molecule has 0 radical (unpaired) electrons. The maximum Gasteiger partial charge on any atom is 0.295 e. The van der Waals surface area contributed by atoms with Crippen LogP contribution < -0.4 is 5.32 Å². The van der Waals surface area contributed by atoms with E-state index < -0.39 is 5.82 Å². The highest BCUT2D eigenvalue weighted by Crippen LogP contribution is 2.29. The molecule has 3 heterocycles. The summed E-state index contributed by atoms with van der Waals surface area (Å²) in [5, 5.41) is 12.1. The lowest BCUT2D eigenvalue weighted by atomic mass is 9.89. The van der Waals surface area contributed by atoms with Crippen LogP contribution in [0.4, 0.5) is 10.4 Å². The third kappa shape index (κ3) is 4.23. The molecular weight excluding hydrogens is 459 g/mol. The minimum absolute atomic E-state index is 0.109. The number of aromatic nitrogens is 4. The van der Waals surface area contributed by atoms with Gasteiger partial charge >= 0.3 is 0 Å². The van der Waals surface area contributed by atoms with Crippen LogP contribution >= 0.6 is 11.6 Å². The summed E-state index contributed by atoms with van der Waals surface area (Å²) in [4.78, 5) is 21.4. The highest BCUT2D eigenvalue weighted by atomic mass is 35.5. The van der Waals surface area contributed by atoms with Crippen LogP contribution in [0.1, 0.15) is 35.7 Å². The number of hydrogen-bond donors (Lipinski definition) is 1. The topological polar surface area (TPSA) is 89.1 Å². The predicted octanol–water partition coefficient (Wildman–Crippen LogP) is 4.86. The third-order valence-corrected chi connectivity index (χ3v) is 6.55. The summed E-state index contributed by atoms with van der Waals surface area (Å²) in [6, 6.07) is 8.20. The predicted molar refractivity (Wildman–Crippen MR) is 127 cm³/mol. The highest BCUT2D eigenvalue weighted by Gasteiger charge is 2.34. The lowest BCUT2D eigenvalue weighted by molar-refractivity contribution is 0.0538. The molecule has 34 heavy (non-hydrogen) atoms. The van der Waals surface area contributed by atoms with Crippen LogP contribution in [0.5, 0.6) is 0 Å². The molecule has 2 aromatic heterocycles. The van der Waals surface area contributed by atoms with E-state index >= 15 is 0 Å². The van der Waals surface area contributed by atoms with Crippen molar-refractivity contribution in [2.45, 2.75) is 32.7 Å². The summed E-state index contributed by atoms with van der Waals surface area (Å²) in [7, 11) is 0. The fourth-order valence-electron chi connectivity index (χ4n) is 4.63. The number of likely N-dealkylation sites (tertiary alicyclic amines) is 1. The molecule has 0 saturated carbocycles. The Hall–Kier alpha value is -3.46. The Bertz CT molecular complexity index is 1340. The first-order chi connectivity index (χ1) is 16.4. The third-order valence-electron chi connectivity index (χ3n) is 6.32. The van der Waals surface area contributed by atoms with Crippen molar-refractivity contribution in [3.8, 4) is 5.69 Å². The fourth-order valence-corrected chi connectivity index (χ4v) is 4.79. The highest BCUT2D eigenvalue weighted by molar-refractivity contribution is 6.31. The van der Waals surface area contributed by atoms with E-state index in [1.165, 1.54) is 29.3 Å². The minimum Gasteiger partial charge on any atom is -0.424 e. The Kier molecular flexibility index (Phi) is 5.95. The molecule has 1 aliphatic rings. The second-order valence-electron chi connectivity index (χ2n) is 8.63. The van der Waals surface area contributed by atoms with Crippen LogP contribution in [0, 0.1) is 18.7 Å². The minimum atomic E-state index is -0.442. The standard InChI is InChI=1S/C24H24ClFN6O2/c1-14-4-3-9-31(20(14)13-27-24-30-18-11-16(25)5-6-21(18)34-24)23(33)22-15(2)10-17(26)12-19(22)32-28-7-8-29-32/h5-8,10-12,14,20H,3-4,9,13H2,1-2H3,(H,27,30). The summed E-state index contributed by atoms with van der Waals surface area (Å²) in [5.74, 6) is -0.369. The van der Waals surface area contributed by atoms with Crippen LogP contribution in [0.3, 0.4) is 0 Å². The maximum absolute atomic E-state index is 14.2. The summed E-state index contributed by atoms with van der Waals surface area (Å²) < 4.78 is 20.0. The largest absolute Gasteiger partial charge is 0.424 e. The summed E-state index contributed by atoms with van der Waals surface area (Å²) in [6.45, 7) is 4.92. The molecule has 0 spiro atoms. The fraction of sp³-hybridized carbons (Fsp3) is 0.333. The van der Waals surface area contributed by atoms with Crippen molar-refractivity contribution in [3.05, 3.63) is 64.7 Å². The van der Waals surface area contributed by atoms with Crippen LogP contribution in [0.15, 0.2) is 47.1 Å². The molecule has 8 nitrogen and oxygen atoms in total. The second kappa shape index (κ2) is 9.06. The molecule has 176 valence electrons. The van der Waals surface area contributed by atoms with E-state index in [0.717, 1.165) is 12.8 Å². The number of oxazole rings is 1. The van der Waals surface area contributed by atoms with Gasteiger partial charge in [0.15, 0.2) is 5.58 Å².